The Morgan fingerprint density at radius 3 is 2.27 bits per heavy atom. The number of nitrogens with zero attached hydrogens (tertiary/aromatic N) is 1. The fourth-order valence-corrected chi connectivity index (χ4v) is 4.23. The van der Waals surface area contributed by atoms with E-state index in [-0.39, 0.29) is 23.3 Å². The number of halogens is 1. The molecule has 3 aromatic carbocycles. The van der Waals surface area contributed by atoms with Gasteiger partial charge in [-0.25, -0.2) is 19.0 Å². The normalized spacial score (nSPS) is 15.3. The lowest BCUT2D eigenvalue weighted by Gasteiger charge is -2.18. The molecule has 0 aliphatic carbocycles. The second-order valence-corrected chi connectivity index (χ2v) is 9.79. The number of carbonyl (C=O) groups is 2. The van der Waals surface area contributed by atoms with Crippen LogP contribution in [-0.2, 0) is 19.6 Å². The van der Waals surface area contributed by atoms with E-state index in [0.29, 0.717) is 22.6 Å². The van der Waals surface area contributed by atoms with Crippen molar-refractivity contribution in [3.63, 3.8) is 0 Å². The zero-order valence-electron chi connectivity index (χ0n) is 17.2. The van der Waals surface area contributed by atoms with Crippen molar-refractivity contribution in [2.45, 2.75) is 10.9 Å². The van der Waals surface area contributed by atoms with Gasteiger partial charge in [0.1, 0.15) is 12.6 Å². The van der Waals surface area contributed by atoms with Crippen LogP contribution in [0.1, 0.15) is 11.6 Å². The Bertz CT molecular complexity index is 1300. The lowest BCUT2D eigenvalue weighted by Crippen LogP contribution is -2.40. The maximum absolute atomic E-state index is 13.1. The molecule has 0 spiro atoms. The molecule has 1 aliphatic heterocycles. The minimum absolute atomic E-state index is 0.0155. The van der Waals surface area contributed by atoms with Crippen molar-refractivity contribution >= 4 is 54.8 Å². The molecule has 5 N–H and O–H groups in total. The number of amides is 2. The predicted octanol–water partition coefficient (Wildman–Crippen LogP) is 2.74. The number of fused-ring (bicyclic) bond motifs is 1. The topological polar surface area (TPSA) is 134 Å². The largest absolute Gasteiger partial charge is 0.325 e. The molecule has 0 saturated carbocycles. The standard InChI is InChI=1S/C22H20BrN5O4S/c23-14-5-7-15(8-6-14)25-20(29)13-28-19-4-2-1-3-18(19)21(22(28)30)27-26-16-9-11-17(12-10-16)33(24,31)32/h1-12,21,26-27H,13H2,(H,25,29)(H2,24,31,32). The van der Waals surface area contributed by atoms with Crippen molar-refractivity contribution in [2.75, 3.05) is 22.2 Å². The number of primary sulfonamides is 1. The van der Waals surface area contributed by atoms with Crippen molar-refractivity contribution in [3.05, 3.63) is 82.8 Å². The van der Waals surface area contributed by atoms with Gasteiger partial charge in [0.25, 0.3) is 5.91 Å². The molecule has 1 atom stereocenters. The summed E-state index contributed by atoms with van der Waals surface area (Å²) in [5, 5.41) is 7.90. The Hall–Kier alpha value is -3.25. The lowest BCUT2D eigenvalue weighted by molar-refractivity contribution is -0.122. The van der Waals surface area contributed by atoms with Gasteiger partial charge >= 0.3 is 0 Å². The van der Waals surface area contributed by atoms with E-state index in [1.54, 1.807) is 24.3 Å². The summed E-state index contributed by atoms with van der Waals surface area (Å²) in [4.78, 5) is 27.1. The molecular weight excluding hydrogens is 510 g/mol. The van der Waals surface area contributed by atoms with Gasteiger partial charge in [0.05, 0.1) is 4.90 Å². The molecule has 1 unspecified atom stereocenters. The first-order valence-electron chi connectivity index (χ1n) is 9.82. The quantitative estimate of drug-likeness (QED) is 0.347. The van der Waals surface area contributed by atoms with Gasteiger partial charge in [0, 0.05) is 27.1 Å². The molecule has 0 bridgehead atoms. The smallest absolute Gasteiger partial charge is 0.251 e. The van der Waals surface area contributed by atoms with Gasteiger partial charge in [-0.1, -0.05) is 34.1 Å². The summed E-state index contributed by atoms with van der Waals surface area (Å²) < 4.78 is 23.7. The van der Waals surface area contributed by atoms with Crippen LogP contribution >= 0.6 is 15.9 Å². The van der Waals surface area contributed by atoms with Crippen LogP contribution < -0.4 is 26.2 Å². The SMILES string of the molecule is NS(=O)(=O)c1ccc(NNC2C(=O)N(CC(=O)Nc3ccc(Br)cc3)c3ccccc32)cc1. The molecule has 1 aliphatic rings. The number of nitrogens with two attached hydrogens (primary N) is 1. The zero-order chi connectivity index (χ0) is 23.6. The Balaban J connectivity index is 1.46. The molecular formula is C22H20BrN5O4S. The second-order valence-electron chi connectivity index (χ2n) is 7.31. The molecule has 3 aromatic rings. The summed E-state index contributed by atoms with van der Waals surface area (Å²) in [6.07, 6.45) is 0. The molecule has 4 rings (SSSR count). The summed E-state index contributed by atoms with van der Waals surface area (Å²) in [6, 6.07) is 19.4. The Morgan fingerprint density at radius 1 is 0.970 bits per heavy atom. The highest BCUT2D eigenvalue weighted by atomic mass is 79.9. The molecule has 0 radical (unpaired) electrons. The van der Waals surface area contributed by atoms with Gasteiger partial charge in [-0.05, 0) is 54.6 Å². The number of carbonyl (C=O) groups excluding carboxylic acids is 2. The van der Waals surface area contributed by atoms with E-state index in [1.165, 1.54) is 29.2 Å². The lowest BCUT2D eigenvalue weighted by atomic mass is 10.1. The van der Waals surface area contributed by atoms with Crippen molar-refractivity contribution in [3.8, 4) is 0 Å². The molecule has 2 amide bonds. The Kier molecular flexibility index (Phi) is 6.47. The van der Waals surface area contributed by atoms with Gasteiger partial charge in [-0.15, -0.1) is 0 Å². The molecule has 1 heterocycles. The number of hydrogen-bond acceptors (Lipinski definition) is 6. The fourth-order valence-electron chi connectivity index (χ4n) is 3.45. The van der Waals surface area contributed by atoms with E-state index in [1.807, 2.05) is 24.3 Å². The number of hydrogen-bond donors (Lipinski definition) is 4. The van der Waals surface area contributed by atoms with Crippen LogP contribution in [0.25, 0.3) is 0 Å². The third kappa shape index (κ3) is 5.22. The van der Waals surface area contributed by atoms with E-state index >= 15 is 0 Å². The van der Waals surface area contributed by atoms with Crippen molar-refractivity contribution in [2.24, 2.45) is 5.14 Å². The van der Waals surface area contributed by atoms with Crippen LogP contribution in [0.5, 0.6) is 0 Å². The molecule has 0 aromatic heterocycles. The number of sulfonamides is 1. The van der Waals surface area contributed by atoms with Crippen LogP contribution in [0, 0.1) is 0 Å². The summed E-state index contributed by atoms with van der Waals surface area (Å²) in [5.74, 6) is -0.622. The number of benzene rings is 3. The first kappa shape index (κ1) is 22.9. The van der Waals surface area contributed by atoms with Crippen molar-refractivity contribution in [1.29, 1.82) is 0 Å². The average Bonchev–Trinajstić information content (AvgIpc) is 3.04. The minimum Gasteiger partial charge on any atom is -0.325 e. The summed E-state index contributed by atoms with van der Waals surface area (Å²) in [6.45, 7) is -0.146. The maximum atomic E-state index is 13.1. The van der Waals surface area contributed by atoms with E-state index in [9.17, 15) is 18.0 Å². The molecule has 33 heavy (non-hydrogen) atoms. The predicted molar refractivity (Wildman–Crippen MR) is 129 cm³/mol. The first-order valence-corrected chi connectivity index (χ1v) is 12.2. The highest BCUT2D eigenvalue weighted by Crippen LogP contribution is 2.35. The van der Waals surface area contributed by atoms with Gasteiger partial charge < -0.3 is 15.6 Å². The van der Waals surface area contributed by atoms with E-state index in [2.05, 4.69) is 32.1 Å². The molecule has 11 heteroatoms. The van der Waals surface area contributed by atoms with Crippen molar-refractivity contribution in [1.82, 2.24) is 5.43 Å². The maximum Gasteiger partial charge on any atom is 0.251 e. The Morgan fingerprint density at radius 2 is 1.61 bits per heavy atom. The van der Waals surface area contributed by atoms with Crippen LogP contribution in [-0.4, -0.2) is 26.8 Å². The third-order valence-corrected chi connectivity index (χ3v) is 6.48. The van der Waals surface area contributed by atoms with Gasteiger partial charge in [-0.2, -0.15) is 0 Å². The van der Waals surface area contributed by atoms with Crippen molar-refractivity contribution < 1.29 is 18.0 Å². The highest BCUT2D eigenvalue weighted by Gasteiger charge is 2.37. The third-order valence-electron chi connectivity index (χ3n) is 5.02. The monoisotopic (exact) mass is 529 g/mol. The number of rotatable bonds is 7. The number of para-hydroxylation sites is 1. The summed E-state index contributed by atoms with van der Waals surface area (Å²) >= 11 is 3.35. The Labute approximate surface area is 199 Å². The van der Waals surface area contributed by atoms with Gasteiger partial charge in [0.2, 0.25) is 15.9 Å². The number of anilines is 3. The van der Waals surface area contributed by atoms with E-state index in [4.69, 9.17) is 5.14 Å². The van der Waals surface area contributed by atoms with Crippen LogP contribution in [0.2, 0.25) is 0 Å². The molecule has 9 nitrogen and oxygen atoms in total. The zero-order valence-corrected chi connectivity index (χ0v) is 19.6. The molecule has 0 fully saturated rings. The van der Waals surface area contributed by atoms with Crippen LogP contribution in [0.3, 0.4) is 0 Å². The minimum atomic E-state index is -3.79. The van der Waals surface area contributed by atoms with Gasteiger partial charge in [-0.3, -0.25) is 9.59 Å². The molecule has 170 valence electrons. The second kappa shape index (κ2) is 9.32. The summed E-state index contributed by atoms with van der Waals surface area (Å²) in [7, 11) is -3.79. The van der Waals surface area contributed by atoms with Crippen LogP contribution in [0.4, 0.5) is 17.1 Å². The van der Waals surface area contributed by atoms with E-state index < -0.39 is 16.1 Å². The summed E-state index contributed by atoms with van der Waals surface area (Å²) in [5.41, 5.74) is 8.40. The van der Waals surface area contributed by atoms with E-state index in [0.717, 1.165) is 4.47 Å². The van der Waals surface area contributed by atoms with Gasteiger partial charge in [0.15, 0.2) is 0 Å². The number of hydrazine groups is 1. The molecule has 0 saturated heterocycles. The van der Waals surface area contributed by atoms with Crippen LogP contribution in [0.15, 0.2) is 82.2 Å². The number of nitrogens with one attached hydrogen (secondary N) is 3. The first-order chi connectivity index (χ1) is 15.7. The average molecular weight is 530 g/mol. The fraction of sp³-hybridized carbons (Fsp3) is 0.0909. The highest BCUT2D eigenvalue weighted by molar-refractivity contribution is 9.10.